The van der Waals surface area contributed by atoms with Gasteiger partial charge in [-0.25, -0.2) is 19.9 Å². The molecule has 0 amide bonds. The van der Waals surface area contributed by atoms with Crippen molar-refractivity contribution in [1.29, 1.82) is 0 Å². The summed E-state index contributed by atoms with van der Waals surface area (Å²) in [6.07, 6.45) is 1.91. The molecule has 2 aromatic carbocycles. The minimum atomic E-state index is -4.56. The zero-order valence-electron chi connectivity index (χ0n) is 38.3. The molecular weight excluding hydrogens is 1010 g/mol. The monoisotopic (exact) mass is 1050 g/mol. The van der Waals surface area contributed by atoms with Crippen molar-refractivity contribution in [2.24, 2.45) is 0 Å². The van der Waals surface area contributed by atoms with Crippen LogP contribution in [0.2, 0.25) is 5.82 Å². The molecule has 6 aromatic heterocycles. The molecule has 2 fully saturated rings. The quantitative estimate of drug-likeness (QED) is 0.107. The number of pyridine rings is 2. The van der Waals surface area contributed by atoms with Crippen molar-refractivity contribution >= 4 is 84.0 Å². The van der Waals surface area contributed by atoms with Crippen molar-refractivity contribution < 1.29 is 104 Å². The smallest absolute Gasteiger partial charge is 0.491 e. The Balaban J connectivity index is 0.000000180. The van der Waals surface area contributed by atoms with Gasteiger partial charge in [0.25, 0.3) is 0 Å². The summed E-state index contributed by atoms with van der Waals surface area (Å²) in [7, 11) is 0. The summed E-state index contributed by atoms with van der Waals surface area (Å²) < 4.78 is 61.4. The molecule has 8 atom stereocenters. The van der Waals surface area contributed by atoms with Crippen molar-refractivity contribution in [2.75, 3.05) is 24.7 Å². The minimum Gasteiger partial charge on any atom is -0.491 e. The first-order valence-corrected chi connectivity index (χ1v) is 22.4. The van der Waals surface area contributed by atoms with Crippen LogP contribution in [0.1, 0.15) is 38.8 Å². The fourth-order valence-electron chi connectivity index (χ4n) is 7.53. The molecule has 0 bridgehead atoms. The fraction of sp³-hybridized carbons (Fsp3) is 0.304. The van der Waals surface area contributed by atoms with Gasteiger partial charge in [0.2, 0.25) is 0 Å². The molecular formula is C46H48BBrF3KN10O8. The maximum Gasteiger partial charge on any atom is 1.00 e. The number of benzene rings is 2. The number of allylic oxidation sites excluding steroid dienone is 1. The number of hydrogen-bond acceptors (Lipinski definition) is 16. The van der Waals surface area contributed by atoms with E-state index in [2.05, 4.69) is 52.4 Å². The summed E-state index contributed by atoms with van der Waals surface area (Å²) in [5.41, 5.74) is 16.3. The number of aromatic nitrogens is 8. The maximum atomic E-state index is 11.2. The molecule has 8 N–H and O–H groups in total. The number of rotatable bonds is 10. The van der Waals surface area contributed by atoms with Crippen LogP contribution in [0.5, 0.6) is 11.5 Å². The number of aliphatic hydroxyl groups excluding tert-OH is 4. The van der Waals surface area contributed by atoms with E-state index in [1.165, 1.54) is 12.7 Å². The molecule has 70 heavy (non-hydrogen) atoms. The van der Waals surface area contributed by atoms with Gasteiger partial charge in [-0.1, -0.05) is 26.2 Å². The summed E-state index contributed by atoms with van der Waals surface area (Å²) in [6, 6.07) is 18.6. The Morgan fingerprint density at radius 2 is 1.14 bits per heavy atom. The van der Waals surface area contributed by atoms with Gasteiger partial charge in [-0.2, -0.15) is 0 Å². The predicted octanol–water partition coefficient (Wildman–Crippen LogP) is 3.56. The molecule has 362 valence electrons. The molecule has 2 saturated heterocycles. The van der Waals surface area contributed by atoms with Gasteiger partial charge < -0.3 is 72.9 Å². The zero-order valence-corrected chi connectivity index (χ0v) is 43.0. The molecule has 8 aromatic rings. The van der Waals surface area contributed by atoms with E-state index < -0.39 is 61.9 Å². The minimum absolute atomic E-state index is 0. The number of ether oxygens (including phenoxy) is 4. The summed E-state index contributed by atoms with van der Waals surface area (Å²) in [5.74, 6) is 0.720. The van der Waals surface area contributed by atoms with Gasteiger partial charge >= 0.3 is 58.4 Å². The van der Waals surface area contributed by atoms with E-state index in [1.54, 1.807) is 46.1 Å². The number of nitrogens with two attached hydrogens (primary N) is 2. The van der Waals surface area contributed by atoms with Crippen LogP contribution in [0.25, 0.3) is 49.4 Å². The van der Waals surface area contributed by atoms with Crippen LogP contribution < -0.4 is 72.3 Å². The first-order valence-electron chi connectivity index (χ1n) is 21.6. The average molecular weight is 1060 g/mol. The number of anilines is 2. The Bertz CT molecular complexity index is 3130. The molecule has 0 spiro atoms. The van der Waals surface area contributed by atoms with Crippen LogP contribution in [0.15, 0.2) is 109 Å². The number of nitrogen functional groups attached to an aromatic ring is 2. The molecule has 8 heterocycles. The molecule has 0 unspecified atom stereocenters. The Hall–Kier alpha value is -4.83. The average Bonchev–Trinajstić information content (AvgIpc) is 4.09. The van der Waals surface area contributed by atoms with Crippen molar-refractivity contribution in [1.82, 2.24) is 39.0 Å². The third kappa shape index (κ3) is 11.6. The molecule has 10 rings (SSSR count). The summed E-state index contributed by atoms with van der Waals surface area (Å²) in [5, 5.41) is 45.4. The van der Waals surface area contributed by atoms with E-state index in [1.807, 2.05) is 55.5 Å². The van der Waals surface area contributed by atoms with Gasteiger partial charge in [0.1, 0.15) is 96.9 Å². The van der Waals surface area contributed by atoms with E-state index >= 15 is 0 Å². The van der Waals surface area contributed by atoms with Crippen LogP contribution in [-0.4, -0.2) is 116 Å². The van der Waals surface area contributed by atoms with Crippen molar-refractivity contribution in [3.63, 3.8) is 0 Å². The Morgan fingerprint density at radius 1 is 0.700 bits per heavy atom. The largest absolute Gasteiger partial charge is 1.00 e. The van der Waals surface area contributed by atoms with Gasteiger partial charge in [0.15, 0.2) is 12.5 Å². The van der Waals surface area contributed by atoms with E-state index in [0.717, 1.165) is 51.3 Å². The molecule has 24 heteroatoms. The maximum absolute atomic E-state index is 11.2. The second-order valence-electron chi connectivity index (χ2n) is 16.9. The van der Waals surface area contributed by atoms with Crippen LogP contribution in [0.3, 0.4) is 0 Å². The molecule has 0 aliphatic carbocycles. The van der Waals surface area contributed by atoms with Gasteiger partial charge in [0.05, 0.1) is 21.8 Å². The number of hydrogen-bond donors (Lipinski definition) is 6. The van der Waals surface area contributed by atoms with Gasteiger partial charge in [-0.15, -0.1) is 0 Å². The Morgan fingerprint density at radius 3 is 1.59 bits per heavy atom. The third-order valence-electron chi connectivity index (χ3n) is 11.7. The van der Waals surface area contributed by atoms with E-state index in [4.69, 9.17) is 30.4 Å². The van der Waals surface area contributed by atoms with Gasteiger partial charge in [-0.3, -0.25) is 9.97 Å². The molecule has 2 aliphatic rings. The van der Waals surface area contributed by atoms with Gasteiger partial charge in [0, 0.05) is 52.2 Å². The molecule has 2 aliphatic heterocycles. The number of nitrogens with zero attached hydrogens (tertiary/aromatic N) is 8. The van der Waals surface area contributed by atoms with Crippen molar-refractivity contribution in [2.45, 2.75) is 75.7 Å². The van der Waals surface area contributed by atoms with Crippen LogP contribution >= 0.6 is 15.9 Å². The standard InChI is InChI=1S/C23H23N5O4.C20H18BrN5O4.C3H7BF3.K/c1-12(2)14-7-13-3-4-15(8-17(13)25-9-14)31-10-18-19(29)20(30)23(32-18)28-6-5-16-21(24)26-11-27-22(16)28;21-11-5-10-1-2-12(6-14(10)23-7-11)29-8-15-16(27)17(28)20(30-15)26-4-3-13-18(22)24-9-25-19(13)26;1-3(2)4(5,6)7;/h3-9,11,18-20,23,29-30H,1,10H2,2H3,(H2,24,26,27);1-7,9,15-17,20,27-28H,8H2,(H2,22,24,25);3H,1-2H3;/q;;-1;+1/t18-,19-,20-,23-;15-,16-,17-,20-;;/m11../s1. The van der Waals surface area contributed by atoms with Crippen LogP contribution in [-0.2, 0) is 9.47 Å². The van der Waals surface area contributed by atoms with Crippen LogP contribution in [0.4, 0.5) is 24.6 Å². The first-order chi connectivity index (χ1) is 32.9. The second kappa shape index (κ2) is 22.3. The Kier molecular flexibility index (Phi) is 16.9. The Labute approximate surface area is 449 Å². The molecule has 18 nitrogen and oxygen atoms in total. The molecule has 0 radical (unpaired) electrons. The summed E-state index contributed by atoms with van der Waals surface area (Å²) in [6.45, 7) is 3.75. The van der Waals surface area contributed by atoms with Gasteiger partial charge in [-0.05, 0) is 82.5 Å². The summed E-state index contributed by atoms with van der Waals surface area (Å²) >= 11 is 3.40. The summed E-state index contributed by atoms with van der Waals surface area (Å²) in [4.78, 5) is 25.2. The third-order valence-corrected chi connectivity index (χ3v) is 12.1. The van der Waals surface area contributed by atoms with E-state index in [-0.39, 0.29) is 64.6 Å². The topological polar surface area (TPSA) is 257 Å². The SMILES string of the molecule is C=C(C)c1cnc2cc(OC[C@H]3O[C@@H](n4ccc5c(N)ncnc54)[C@H](O)[C@@H]3O)ccc2c1.CC(C)[B-](F)(F)F.Nc1ncnc2c1ccn2[C@@H]1O[C@H](COc2ccc3cc(Br)cnc3c2)[C@@H](O)[C@H]1O.[K+]. The second-order valence-corrected chi connectivity index (χ2v) is 17.8. The number of aliphatic hydroxyl groups is 4. The number of fused-ring (bicyclic) bond motifs is 4. The normalized spacial score (nSPS) is 22.1. The van der Waals surface area contributed by atoms with Crippen molar-refractivity contribution in [3.8, 4) is 11.5 Å². The van der Waals surface area contributed by atoms with Crippen LogP contribution in [0, 0.1) is 0 Å². The zero-order chi connectivity index (χ0) is 49.3. The number of halogens is 4. The van der Waals surface area contributed by atoms with Crippen molar-refractivity contribution in [3.05, 3.63) is 115 Å². The van der Waals surface area contributed by atoms with E-state index in [9.17, 15) is 33.4 Å². The first kappa shape index (κ1) is 53.0. The fourth-order valence-corrected chi connectivity index (χ4v) is 7.88. The predicted molar refractivity (Wildman–Crippen MR) is 257 cm³/mol. The molecule has 0 saturated carbocycles. The van der Waals surface area contributed by atoms with E-state index in [0.29, 0.717) is 45.2 Å².